The number of aromatic nitrogens is 2. The Kier molecular flexibility index (Phi) is 5.48. The van der Waals surface area contributed by atoms with Crippen LogP contribution in [0.2, 0.25) is 0 Å². The molecule has 1 aliphatic heterocycles. The number of amides is 1. The van der Waals surface area contributed by atoms with Gasteiger partial charge in [0, 0.05) is 36.8 Å². The number of carbonyl (C=O) groups is 1. The predicted molar refractivity (Wildman–Crippen MR) is 108 cm³/mol. The monoisotopic (exact) mass is 395 g/mol. The highest BCUT2D eigenvalue weighted by molar-refractivity contribution is 7.11. The number of benzene rings is 1. The number of halogens is 1. The fourth-order valence-electron chi connectivity index (χ4n) is 3.69. The minimum absolute atomic E-state index is 0.0831. The third-order valence-corrected chi connectivity index (χ3v) is 6.21. The molecule has 3 heterocycles. The van der Waals surface area contributed by atoms with Crippen molar-refractivity contribution < 1.29 is 9.18 Å². The van der Waals surface area contributed by atoms with Crippen molar-refractivity contribution in [1.29, 1.82) is 0 Å². The number of likely N-dealkylation sites (tertiary alicyclic amines) is 1. The fourth-order valence-corrected chi connectivity index (χ4v) is 4.46. The molecule has 144 valence electrons. The van der Waals surface area contributed by atoms with Crippen molar-refractivity contribution in [2.24, 2.45) is 0 Å². The number of carbonyl (C=O) groups excluding carboxylic acids is 1. The smallest absolute Gasteiger partial charge is 0.265 e. The molecule has 1 aliphatic rings. The molecule has 0 N–H and O–H groups in total. The molecule has 1 amide bonds. The first kappa shape index (κ1) is 18.7. The maximum atomic E-state index is 13.9. The molecule has 3 aromatic rings. The zero-order chi connectivity index (χ0) is 19.5. The van der Waals surface area contributed by atoms with Gasteiger partial charge < -0.3 is 4.90 Å². The minimum Gasteiger partial charge on any atom is -0.338 e. The van der Waals surface area contributed by atoms with Gasteiger partial charge in [-0.2, -0.15) is 0 Å². The summed E-state index contributed by atoms with van der Waals surface area (Å²) >= 11 is 1.41. The van der Waals surface area contributed by atoms with Gasteiger partial charge in [-0.05, 0) is 43.5 Å². The lowest BCUT2D eigenvalue weighted by molar-refractivity contribution is 0.0716. The molecule has 1 fully saturated rings. The normalized spacial score (nSPS) is 15.0. The molecule has 28 heavy (non-hydrogen) atoms. The zero-order valence-corrected chi connectivity index (χ0v) is 16.6. The van der Waals surface area contributed by atoms with Crippen LogP contribution in [0.5, 0.6) is 0 Å². The van der Waals surface area contributed by atoms with E-state index in [0.717, 1.165) is 47.9 Å². The summed E-state index contributed by atoms with van der Waals surface area (Å²) < 4.78 is 13.9. The summed E-state index contributed by atoms with van der Waals surface area (Å²) in [5.74, 6) is 0.215. The number of nitrogens with zero attached hydrogens (tertiary/aromatic N) is 3. The standard InChI is InChI=1S/C22H22FN3OS/c1-15-21(28-14-24-15)22(27)26-11-9-16(10-12-26)20-8-4-6-18(25-20)13-17-5-2-3-7-19(17)23/h2-8,14,16H,9-13H2,1H3. The lowest BCUT2D eigenvalue weighted by Crippen LogP contribution is -2.38. The summed E-state index contributed by atoms with van der Waals surface area (Å²) in [6.07, 6.45) is 2.27. The maximum Gasteiger partial charge on any atom is 0.265 e. The van der Waals surface area contributed by atoms with Gasteiger partial charge in [-0.25, -0.2) is 9.37 Å². The van der Waals surface area contributed by atoms with Crippen LogP contribution in [0.15, 0.2) is 48.0 Å². The third-order valence-electron chi connectivity index (χ3n) is 5.30. The average molecular weight is 396 g/mol. The van der Waals surface area contributed by atoms with E-state index in [-0.39, 0.29) is 11.7 Å². The third kappa shape index (κ3) is 3.97. The van der Waals surface area contributed by atoms with Crippen LogP contribution in [0, 0.1) is 12.7 Å². The van der Waals surface area contributed by atoms with E-state index in [0.29, 0.717) is 17.9 Å². The van der Waals surface area contributed by atoms with Crippen molar-refractivity contribution in [3.8, 4) is 0 Å². The summed E-state index contributed by atoms with van der Waals surface area (Å²) in [7, 11) is 0. The second kappa shape index (κ2) is 8.19. The molecule has 0 saturated carbocycles. The van der Waals surface area contributed by atoms with Gasteiger partial charge in [-0.3, -0.25) is 9.78 Å². The van der Waals surface area contributed by atoms with Gasteiger partial charge in [0.15, 0.2) is 0 Å². The lowest BCUT2D eigenvalue weighted by Gasteiger charge is -2.31. The highest BCUT2D eigenvalue weighted by Gasteiger charge is 2.27. The summed E-state index contributed by atoms with van der Waals surface area (Å²) in [6, 6.07) is 12.8. The van der Waals surface area contributed by atoms with Crippen LogP contribution in [0.1, 0.15) is 51.1 Å². The van der Waals surface area contributed by atoms with E-state index in [9.17, 15) is 9.18 Å². The van der Waals surface area contributed by atoms with E-state index >= 15 is 0 Å². The molecule has 1 saturated heterocycles. The van der Waals surface area contributed by atoms with Crippen LogP contribution in [0.25, 0.3) is 0 Å². The molecule has 0 atom stereocenters. The molecule has 6 heteroatoms. The summed E-state index contributed by atoms with van der Waals surface area (Å²) in [4.78, 5) is 24.3. The Labute approximate surface area is 168 Å². The van der Waals surface area contributed by atoms with Gasteiger partial charge in [0.05, 0.1) is 11.2 Å². The topological polar surface area (TPSA) is 46.1 Å². The summed E-state index contributed by atoms with van der Waals surface area (Å²) in [6.45, 7) is 3.32. The molecule has 0 aliphatic carbocycles. The van der Waals surface area contributed by atoms with Gasteiger partial charge in [-0.15, -0.1) is 11.3 Å². The Hall–Kier alpha value is -2.60. The quantitative estimate of drug-likeness (QED) is 0.649. The number of thiazole rings is 1. The van der Waals surface area contributed by atoms with E-state index in [2.05, 4.69) is 4.98 Å². The molecule has 4 nitrogen and oxygen atoms in total. The minimum atomic E-state index is -0.195. The molecular formula is C22H22FN3OS. The Morgan fingerprint density at radius 2 is 1.96 bits per heavy atom. The van der Waals surface area contributed by atoms with E-state index in [4.69, 9.17) is 4.98 Å². The SMILES string of the molecule is Cc1ncsc1C(=O)N1CCC(c2cccc(Cc3ccccc3F)n2)CC1. The number of pyridine rings is 1. The zero-order valence-electron chi connectivity index (χ0n) is 15.8. The highest BCUT2D eigenvalue weighted by atomic mass is 32.1. The molecule has 1 aromatic carbocycles. The van der Waals surface area contributed by atoms with Crippen molar-refractivity contribution in [3.63, 3.8) is 0 Å². The average Bonchev–Trinajstić information content (AvgIpc) is 3.15. The Morgan fingerprint density at radius 1 is 1.18 bits per heavy atom. The molecule has 0 bridgehead atoms. The van der Waals surface area contributed by atoms with E-state index in [1.54, 1.807) is 17.6 Å². The van der Waals surface area contributed by atoms with Crippen LogP contribution >= 0.6 is 11.3 Å². The Balaban J connectivity index is 1.42. The first-order valence-corrected chi connectivity index (χ1v) is 10.4. The molecule has 0 radical (unpaired) electrons. The highest BCUT2D eigenvalue weighted by Crippen LogP contribution is 2.28. The van der Waals surface area contributed by atoms with Crippen molar-refractivity contribution in [1.82, 2.24) is 14.9 Å². The van der Waals surface area contributed by atoms with Gasteiger partial charge >= 0.3 is 0 Å². The van der Waals surface area contributed by atoms with Crippen LogP contribution in [0.3, 0.4) is 0 Å². The van der Waals surface area contributed by atoms with E-state index < -0.39 is 0 Å². The second-order valence-electron chi connectivity index (χ2n) is 7.16. The molecule has 0 spiro atoms. The van der Waals surface area contributed by atoms with Gasteiger partial charge in [0.2, 0.25) is 0 Å². The number of piperidine rings is 1. The van der Waals surface area contributed by atoms with Crippen LogP contribution < -0.4 is 0 Å². The van der Waals surface area contributed by atoms with Crippen molar-refractivity contribution >= 4 is 17.2 Å². The van der Waals surface area contributed by atoms with Gasteiger partial charge in [0.1, 0.15) is 10.7 Å². The fraction of sp³-hybridized carbons (Fsp3) is 0.318. The Bertz CT molecular complexity index is 979. The molecule has 2 aromatic heterocycles. The van der Waals surface area contributed by atoms with Crippen LogP contribution in [-0.2, 0) is 6.42 Å². The largest absolute Gasteiger partial charge is 0.338 e. The van der Waals surface area contributed by atoms with Crippen LogP contribution in [-0.4, -0.2) is 33.9 Å². The first-order valence-electron chi connectivity index (χ1n) is 9.50. The van der Waals surface area contributed by atoms with Crippen LogP contribution in [0.4, 0.5) is 4.39 Å². The van der Waals surface area contributed by atoms with Crippen molar-refractivity contribution in [3.05, 3.63) is 81.3 Å². The summed E-state index contributed by atoms with van der Waals surface area (Å²) in [5, 5.41) is 0. The molecule has 0 unspecified atom stereocenters. The van der Waals surface area contributed by atoms with Gasteiger partial charge in [-0.1, -0.05) is 24.3 Å². The maximum absolute atomic E-state index is 13.9. The number of hydrogen-bond donors (Lipinski definition) is 0. The number of aryl methyl sites for hydroxylation is 1. The Morgan fingerprint density at radius 3 is 2.68 bits per heavy atom. The summed E-state index contributed by atoms with van der Waals surface area (Å²) in [5.41, 5.74) is 5.10. The van der Waals surface area contributed by atoms with E-state index in [1.165, 1.54) is 17.4 Å². The lowest BCUT2D eigenvalue weighted by atomic mass is 9.92. The molecule has 4 rings (SSSR count). The van der Waals surface area contributed by atoms with Gasteiger partial charge in [0.25, 0.3) is 5.91 Å². The number of hydrogen-bond acceptors (Lipinski definition) is 4. The second-order valence-corrected chi connectivity index (χ2v) is 8.01. The first-order chi connectivity index (χ1) is 13.6. The van der Waals surface area contributed by atoms with E-state index in [1.807, 2.05) is 36.1 Å². The number of rotatable bonds is 4. The van der Waals surface area contributed by atoms with Crippen molar-refractivity contribution in [2.45, 2.75) is 32.1 Å². The predicted octanol–water partition coefficient (Wildman–Crippen LogP) is 4.60. The molecular weight excluding hydrogens is 373 g/mol. The van der Waals surface area contributed by atoms with Crippen molar-refractivity contribution in [2.75, 3.05) is 13.1 Å².